The highest BCUT2D eigenvalue weighted by Gasteiger charge is 2.11. The fourth-order valence-corrected chi connectivity index (χ4v) is 1.38. The number of ether oxygens (including phenoxy) is 1. The zero-order valence-electron chi connectivity index (χ0n) is 8.75. The molecule has 0 amide bonds. The maximum Gasteiger partial charge on any atom is 0.221 e. The van der Waals surface area contributed by atoms with Gasteiger partial charge in [0.1, 0.15) is 11.5 Å². The molecule has 4 heteroatoms. The smallest absolute Gasteiger partial charge is 0.221 e. The van der Waals surface area contributed by atoms with Gasteiger partial charge in [0, 0.05) is 0 Å². The van der Waals surface area contributed by atoms with Crippen LogP contribution in [0.3, 0.4) is 0 Å². The molecule has 0 radical (unpaired) electrons. The summed E-state index contributed by atoms with van der Waals surface area (Å²) in [6.07, 6.45) is 3.39. The van der Waals surface area contributed by atoms with Crippen LogP contribution in [0.25, 0.3) is 0 Å². The normalized spacial score (nSPS) is 10.6. The zero-order valence-corrected chi connectivity index (χ0v) is 9.51. The number of nitrogens with zero attached hydrogens (tertiary/aromatic N) is 2. The van der Waals surface area contributed by atoms with Gasteiger partial charge in [-0.3, -0.25) is 0 Å². The molecule has 1 aromatic rings. The molecule has 78 valence electrons. The van der Waals surface area contributed by atoms with E-state index in [4.69, 9.17) is 16.3 Å². The fourth-order valence-electron chi connectivity index (χ4n) is 1.16. The maximum absolute atomic E-state index is 5.96. The third kappa shape index (κ3) is 2.84. The summed E-state index contributed by atoms with van der Waals surface area (Å²) in [5.41, 5.74) is 0.908. The van der Waals surface area contributed by atoms with Crippen molar-refractivity contribution in [3.8, 4) is 5.88 Å². The van der Waals surface area contributed by atoms with Crippen LogP contribution in [0.5, 0.6) is 5.88 Å². The lowest BCUT2D eigenvalue weighted by Crippen LogP contribution is -2.09. The quantitative estimate of drug-likeness (QED) is 0.723. The monoisotopic (exact) mass is 214 g/mol. The largest absolute Gasteiger partial charge is 0.475 e. The Morgan fingerprint density at radius 1 is 1.43 bits per heavy atom. The van der Waals surface area contributed by atoms with Gasteiger partial charge in [-0.2, -0.15) is 0 Å². The Morgan fingerprint density at radius 2 is 2.14 bits per heavy atom. The van der Waals surface area contributed by atoms with Gasteiger partial charge in [-0.1, -0.05) is 24.9 Å². The molecule has 0 saturated heterocycles. The van der Waals surface area contributed by atoms with Crippen LogP contribution in [0.2, 0.25) is 5.15 Å². The Bertz CT molecular complexity index is 302. The number of rotatable bonds is 4. The van der Waals surface area contributed by atoms with Gasteiger partial charge in [-0.05, 0) is 20.3 Å². The van der Waals surface area contributed by atoms with Gasteiger partial charge in [0.2, 0.25) is 5.88 Å². The van der Waals surface area contributed by atoms with E-state index >= 15 is 0 Å². The molecule has 0 aliphatic rings. The van der Waals surface area contributed by atoms with E-state index in [-0.39, 0.29) is 6.10 Å². The molecule has 1 aromatic heterocycles. The minimum atomic E-state index is 0.108. The van der Waals surface area contributed by atoms with Crippen molar-refractivity contribution in [3.05, 3.63) is 17.0 Å². The summed E-state index contributed by atoms with van der Waals surface area (Å²) >= 11 is 5.96. The van der Waals surface area contributed by atoms with Crippen LogP contribution in [0.4, 0.5) is 0 Å². The van der Waals surface area contributed by atoms with E-state index in [1.807, 2.05) is 13.8 Å². The lowest BCUT2D eigenvalue weighted by Gasteiger charge is -2.12. The molecule has 14 heavy (non-hydrogen) atoms. The molecule has 0 fully saturated rings. The minimum absolute atomic E-state index is 0.108. The van der Waals surface area contributed by atoms with Gasteiger partial charge in [0.25, 0.3) is 0 Å². The Balaban J connectivity index is 2.95. The molecule has 1 heterocycles. The Hall–Kier alpha value is -0.830. The van der Waals surface area contributed by atoms with Crippen molar-refractivity contribution in [1.82, 2.24) is 9.97 Å². The summed E-state index contributed by atoms with van der Waals surface area (Å²) in [5, 5.41) is 0.498. The maximum atomic E-state index is 5.96. The van der Waals surface area contributed by atoms with E-state index in [1.54, 1.807) is 0 Å². The second-order valence-electron chi connectivity index (χ2n) is 3.36. The molecule has 0 spiro atoms. The van der Waals surface area contributed by atoms with E-state index in [0.29, 0.717) is 11.0 Å². The Kier molecular flexibility index (Phi) is 4.14. The summed E-state index contributed by atoms with van der Waals surface area (Å²) in [6, 6.07) is 0. The lowest BCUT2D eigenvalue weighted by atomic mass is 10.2. The van der Waals surface area contributed by atoms with Crippen LogP contribution in [0.15, 0.2) is 6.33 Å². The molecular weight excluding hydrogens is 200 g/mol. The van der Waals surface area contributed by atoms with Crippen molar-refractivity contribution in [3.63, 3.8) is 0 Å². The third-order valence-electron chi connectivity index (χ3n) is 1.70. The predicted octanol–water partition coefficient (Wildman–Crippen LogP) is 2.87. The van der Waals surface area contributed by atoms with E-state index in [0.717, 1.165) is 18.4 Å². The standard InChI is InChI=1S/C10H15ClN2O/c1-4-5-8-9(11)12-6-13-10(8)14-7(2)3/h6-7H,4-5H2,1-3H3. The highest BCUT2D eigenvalue weighted by molar-refractivity contribution is 6.30. The van der Waals surface area contributed by atoms with Gasteiger partial charge in [0.05, 0.1) is 11.7 Å². The topological polar surface area (TPSA) is 35.0 Å². The second kappa shape index (κ2) is 5.15. The molecule has 0 saturated carbocycles. The summed E-state index contributed by atoms with van der Waals surface area (Å²) in [7, 11) is 0. The molecule has 0 atom stereocenters. The van der Waals surface area contributed by atoms with Crippen LogP contribution >= 0.6 is 11.6 Å². The lowest BCUT2D eigenvalue weighted by molar-refractivity contribution is 0.229. The van der Waals surface area contributed by atoms with E-state index in [9.17, 15) is 0 Å². The van der Waals surface area contributed by atoms with Gasteiger partial charge in [-0.25, -0.2) is 9.97 Å². The SMILES string of the molecule is CCCc1c(Cl)ncnc1OC(C)C. The highest BCUT2D eigenvalue weighted by atomic mass is 35.5. The summed E-state index contributed by atoms with van der Waals surface area (Å²) in [6.45, 7) is 6.01. The first kappa shape index (κ1) is 11.2. The third-order valence-corrected chi connectivity index (χ3v) is 2.03. The van der Waals surface area contributed by atoms with E-state index in [2.05, 4.69) is 16.9 Å². The Labute approximate surface area is 89.5 Å². The van der Waals surface area contributed by atoms with Crippen molar-refractivity contribution < 1.29 is 4.74 Å². The molecule has 0 N–H and O–H groups in total. The number of hydrogen-bond acceptors (Lipinski definition) is 3. The van der Waals surface area contributed by atoms with Gasteiger partial charge in [-0.15, -0.1) is 0 Å². The zero-order chi connectivity index (χ0) is 10.6. The first-order chi connectivity index (χ1) is 6.65. The molecule has 0 aliphatic carbocycles. The van der Waals surface area contributed by atoms with Crippen LogP contribution in [-0.4, -0.2) is 16.1 Å². The van der Waals surface area contributed by atoms with E-state index < -0.39 is 0 Å². The van der Waals surface area contributed by atoms with Gasteiger partial charge >= 0.3 is 0 Å². The fraction of sp³-hybridized carbons (Fsp3) is 0.600. The average Bonchev–Trinajstić information content (AvgIpc) is 2.10. The van der Waals surface area contributed by atoms with Crippen molar-refractivity contribution in [2.24, 2.45) is 0 Å². The first-order valence-electron chi connectivity index (χ1n) is 4.81. The summed E-state index contributed by atoms with van der Waals surface area (Å²) < 4.78 is 5.54. The number of halogens is 1. The van der Waals surface area contributed by atoms with Gasteiger partial charge < -0.3 is 4.74 Å². The molecular formula is C10H15ClN2O. The van der Waals surface area contributed by atoms with Crippen molar-refractivity contribution in [1.29, 1.82) is 0 Å². The van der Waals surface area contributed by atoms with Gasteiger partial charge in [0.15, 0.2) is 0 Å². The van der Waals surface area contributed by atoms with Crippen LogP contribution in [-0.2, 0) is 6.42 Å². The van der Waals surface area contributed by atoms with Crippen molar-refractivity contribution >= 4 is 11.6 Å². The molecule has 0 aromatic carbocycles. The van der Waals surface area contributed by atoms with Crippen LogP contribution < -0.4 is 4.74 Å². The highest BCUT2D eigenvalue weighted by Crippen LogP contribution is 2.23. The minimum Gasteiger partial charge on any atom is -0.475 e. The van der Waals surface area contributed by atoms with Crippen LogP contribution in [0.1, 0.15) is 32.8 Å². The van der Waals surface area contributed by atoms with Crippen LogP contribution in [0, 0.1) is 0 Å². The number of hydrogen-bond donors (Lipinski definition) is 0. The summed E-state index contributed by atoms with van der Waals surface area (Å²) in [5.74, 6) is 0.613. The molecule has 0 bridgehead atoms. The molecule has 1 rings (SSSR count). The first-order valence-corrected chi connectivity index (χ1v) is 5.19. The Morgan fingerprint density at radius 3 is 2.71 bits per heavy atom. The molecule has 0 aliphatic heterocycles. The molecule has 0 unspecified atom stereocenters. The van der Waals surface area contributed by atoms with Crippen molar-refractivity contribution in [2.75, 3.05) is 0 Å². The summed E-state index contributed by atoms with van der Waals surface area (Å²) in [4.78, 5) is 8.02. The predicted molar refractivity (Wildman–Crippen MR) is 56.8 cm³/mol. The van der Waals surface area contributed by atoms with Crippen molar-refractivity contribution in [2.45, 2.75) is 39.7 Å². The number of aromatic nitrogens is 2. The van der Waals surface area contributed by atoms with E-state index in [1.165, 1.54) is 6.33 Å². The average molecular weight is 215 g/mol. The second-order valence-corrected chi connectivity index (χ2v) is 3.72. The molecule has 3 nitrogen and oxygen atoms in total.